The molecule has 5 rings (SSSR count). The van der Waals surface area contributed by atoms with Crippen molar-refractivity contribution < 1.29 is 9.53 Å². The normalized spacial score (nSPS) is 17.4. The molecule has 2 aliphatic carbocycles. The molecule has 0 radical (unpaired) electrons. The lowest BCUT2D eigenvalue weighted by atomic mass is 9.86. The van der Waals surface area contributed by atoms with Crippen LogP contribution >= 0.6 is 0 Å². The summed E-state index contributed by atoms with van der Waals surface area (Å²) in [7, 11) is 0. The first-order chi connectivity index (χ1) is 15.7. The molecule has 1 amide bonds. The summed E-state index contributed by atoms with van der Waals surface area (Å²) >= 11 is 0. The molecule has 1 unspecified atom stereocenters. The summed E-state index contributed by atoms with van der Waals surface area (Å²) in [4.78, 5) is 28.0. The van der Waals surface area contributed by atoms with Gasteiger partial charge in [0, 0.05) is 12.1 Å². The van der Waals surface area contributed by atoms with Crippen LogP contribution in [0.4, 0.5) is 0 Å². The van der Waals surface area contributed by atoms with Crippen molar-refractivity contribution in [1.82, 2.24) is 14.7 Å². The summed E-state index contributed by atoms with van der Waals surface area (Å²) in [6.45, 7) is 0.585. The van der Waals surface area contributed by atoms with Crippen LogP contribution in [0.15, 0.2) is 71.5 Å². The zero-order valence-corrected chi connectivity index (χ0v) is 18.0. The van der Waals surface area contributed by atoms with Crippen molar-refractivity contribution in [3.05, 3.63) is 93.9 Å². The van der Waals surface area contributed by atoms with Crippen LogP contribution in [0.3, 0.4) is 0 Å². The van der Waals surface area contributed by atoms with E-state index in [4.69, 9.17) is 4.74 Å². The molecule has 6 nitrogen and oxygen atoms in total. The predicted molar refractivity (Wildman–Crippen MR) is 122 cm³/mol. The molecule has 3 aromatic rings. The van der Waals surface area contributed by atoms with Gasteiger partial charge in [0.05, 0.1) is 12.6 Å². The number of carbonyl (C=O) groups is 1. The number of aryl methyl sites for hydroxylation is 1. The Morgan fingerprint density at radius 3 is 2.59 bits per heavy atom. The first-order valence-electron chi connectivity index (χ1n) is 11.4. The molecule has 0 bridgehead atoms. The summed E-state index contributed by atoms with van der Waals surface area (Å²) in [5.74, 6) is 0.649. The van der Waals surface area contributed by atoms with Crippen LogP contribution in [0.25, 0.3) is 0 Å². The van der Waals surface area contributed by atoms with Crippen LogP contribution in [0.2, 0.25) is 0 Å². The molecule has 1 heterocycles. The Kier molecular flexibility index (Phi) is 5.75. The summed E-state index contributed by atoms with van der Waals surface area (Å²) in [6, 6.07) is 21.2. The SMILES string of the molecule is O=C(c1ccc(=O)n(CCOc2ccccc2)n1)N(C1CC1)C1CCCc2ccccc21. The lowest BCUT2D eigenvalue weighted by Crippen LogP contribution is -2.40. The number of amides is 1. The number of hydrogen-bond acceptors (Lipinski definition) is 4. The third-order valence-corrected chi connectivity index (χ3v) is 6.25. The minimum atomic E-state index is -0.237. The van der Waals surface area contributed by atoms with E-state index in [0.717, 1.165) is 37.9 Å². The van der Waals surface area contributed by atoms with E-state index in [2.05, 4.69) is 29.4 Å². The van der Waals surface area contributed by atoms with Crippen molar-refractivity contribution in [2.24, 2.45) is 0 Å². The maximum atomic E-state index is 13.6. The van der Waals surface area contributed by atoms with E-state index < -0.39 is 0 Å². The monoisotopic (exact) mass is 429 g/mol. The fraction of sp³-hybridized carbons (Fsp3) is 0.346. The second kappa shape index (κ2) is 8.99. The van der Waals surface area contributed by atoms with Gasteiger partial charge in [-0.15, -0.1) is 0 Å². The molecule has 2 aliphatic rings. The molecule has 164 valence electrons. The van der Waals surface area contributed by atoms with Gasteiger partial charge in [-0.05, 0) is 61.4 Å². The lowest BCUT2D eigenvalue weighted by molar-refractivity contribution is 0.0628. The van der Waals surface area contributed by atoms with Crippen LogP contribution in [0.5, 0.6) is 5.75 Å². The van der Waals surface area contributed by atoms with E-state index in [1.807, 2.05) is 35.2 Å². The molecule has 6 heteroatoms. The van der Waals surface area contributed by atoms with Crippen molar-refractivity contribution in [3.63, 3.8) is 0 Å². The molecule has 0 saturated heterocycles. The largest absolute Gasteiger partial charge is 0.492 e. The van der Waals surface area contributed by atoms with Crippen LogP contribution in [-0.2, 0) is 13.0 Å². The molecular weight excluding hydrogens is 402 g/mol. The molecule has 32 heavy (non-hydrogen) atoms. The van der Waals surface area contributed by atoms with Gasteiger partial charge < -0.3 is 9.64 Å². The summed E-state index contributed by atoms with van der Waals surface area (Å²) in [6.07, 6.45) is 5.14. The molecule has 1 fully saturated rings. The van der Waals surface area contributed by atoms with E-state index in [1.165, 1.54) is 21.9 Å². The molecule has 1 aromatic heterocycles. The van der Waals surface area contributed by atoms with Crippen LogP contribution in [-0.4, -0.2) is 33.2 Å². The molecule has 0 aliphatic heterocycles. The van der Waals surface area contributed by atoms with E-state index in [0.29, 0.717) is 12.3 Å². The van der Waals surface area contributed by atoms with Crippen LogP contribution < -0.4 is 10.3 Å². The van der Waals surface area contributed by atoms with Gasteiger partial charge in [-0.1, -0.05) is 42.5 Å². The van der Waals surface area contributed by atoms with Gasteiger partial charge in [0.25, 0.3) is 11.5 Å². The van der Waals surface area contributed by atoms with Crippen LogP contribution in [0, 0.1) is 0 Å². The van der Waals surface area contributed by atoms with Crippen molar-refractivity contribution in [1.29, 1.82) is 0 Å². The van der Waals surface area contributed by atoms with Crippen molar-refractivity contribution in [2.45, 2.75) is 50.7 Å². The first kappa shape index (κ1) is 20.5. The third kappa shape index (κ3) is 4.31. The number of nitrogens with zero attached hydrogens (tertiary/aromatic N) is 3. The highest BCUT2D eigenvalue weighted by atomic mass is 16.5. The second-order valence-electron chi connectivity index (χ2n) is 8.49. The standard InChI is InChI=1S/C26H27N3O3/c30-25-16-15-23(27-28(25)17-18-32-21-9-2-1-3-10-21)26(31)29(20-13-14-20)24-12-6-8-19-7-4-5-11-22(19)24/h1-5,7,9-11,15-16,20,24H,6,8,12-14,17-18H2. The van der Waals surface area contributed by atoms with Gasteiger partial charge >= 0.3 is 0 Å². The van der Waals surface area contributed by atoms with Crippen molar-refractivity contribution >= 4 is 5.91 Å². The Morgan fingerprint density at radius 2 is 1.78 bits per heavy atom. The summed E-state index contributed by atoms with van der Waals surface area (Å²) in [5, 5.41) is 4.42. The fourth-order valence-electron chi connectivity index (χ4n) is 4.55. The second-order valence-corrected chi connectivity index (χ2v) is 8.49. The van der Waals surface area contributed by atoms with E-state index >= 15 is 0 Å². The number of rotatable bonds is 7. The molecule has 0 spiro atoms. The maximum absolute atomic E-state index is 13.6. The van der Waals surface area contributed by atoms with Gasteiger partial charge in [0.1, 0.15) is 18.1 Å². The number of benzene rings is 2. The third-order valence-electron chi connectivity index (χ3n) is 6.25. The Balaban J connectivity index is 1.36. The minimum Gasteiger partial charge on any atom is -0.492 e. The van der Waals surface area contributed by atoms with Crippen LogP contribution in [0.1, 0.15) is 53.3 Å². The Hall–Kier alpha value is -3.41. The van der Waals surface area contributed by atoms with Gasteiger partial charge in [-0.2, -0.15) is 5.10 Å². The fourth-order valence-corrected chi connectivity index (χ4v) is 4.55. The van der Waals surface area contributed by atoms with Crippen molar-refractivity contribution in [2.75, 3.05) is 6.61 Å². The highest BCUT2D eigenvalue weighted by molar-refractivity contribution is 5.93. The zero-order chi connectivity index (χ0) is 21.9. The smallest absolute Gasteiger partial charge is 0.275 e. The highest BCUT2D eigenvalue weighted by Gasteiger charge is 2.40. The number of aromatic nitrogens is 2. The van der Waals surface area contributed by atoms with E-state index in [9.17, 15) is 9.59 Å². The van der Waals surface area contributed by atoms with Gasteiger partial charge in [-0.3, -0.25) is 9.59 Å². The molecular formula is C26H27N3O3. The topological polar surface area (TPSA) is 64.4 Å². The van der Waals surface area contributed by atoms with Crippen molar-refractivity contribution in [3.8, 4) is 5.75 Å². The quantitative estimate of drug-likeness (QED) is 0.569. The molecule has 2 aromatic carbocycles. The van der Waals surface area contributed by atoms with E-state index in [1.54, 1.807) is 6.07 Å². The highest BCUT2D eigenvalue weighted by Crippen LogP contribution is 2.41. The van der Waals surface area contributed by atoms with Gasteiger partial charge in [0.15, 0.2) is 0 Å². The molecule has 1 saturated carbocycles. The van der Waals surface area contributed by atoms with Gasteiger partial charge in [0.2, 0.25) is 0 Å². The molecule has 0 N–H and O–H groups in total. The predicted octanol–water partition coefficient (Wildman–Crippen LogP) is 4.00. The Bertz CT molecular complexity index is 1150. The average molecular weight is 430 g/mol. The number of para-hydroxylation sites is 1. The van der Waals surface area contributed by atoms with Gasteiger partial charge in [-0.25, -0.2) is 4.68 Å². The Labute approximate surface area is 187 Å². The number of carbonyl (C=O) groups excluding carboxylic acids is 1. The number of hydrogen-bond donors (Lipinski definition) is 0. The summed E-state index contributed by atoms with van der Waals surface area (Å²) in [5.41, 5.74) is 2.67. The van der Waals surface area contributed by atoms with E-state index in [-0.39, 0.29) is 30.1 Å². The minimum absolute atomic E-state index is 0.0727. The number of ether oxygens (including phenoxy) is 1. The first-order valence-corrected chi connectivity index (χ1v) is 11.4. The zero-order valence-electron chi connectivity index (χ0n) is 18.0. The number of fused-ring (bicyclic) bond motifs is 1. The maximum Gasteiger partial charge on any atom is 0.275 e. The Morgan fingerprint density at radius 1 is 1.00 bits per heavy atom. The molecule has 1 atom stereocenters. The average Bonchev–Trinajstić information content (AvgIpc) is 3.66. The summed E-state index contributed by atoms with van der Waals surface area (Å²) < 4.78 is 7.03. The lowest BCUT2D eigenvalue weighted by Gasteiger charge is -2.36.